The molecule has 0 radical (unpaired) electrons. The van der Waals surface area contributed by atoms with E-state index >= 15 is 0 Å². The van der Waals surface area contributed by atoms with Crippen molar-refractivity contribution >= 4 is 28.6 Å². The van der Waals surface area contributed by atoms with E-state index in [1.807, 2.05) is 13.0 Å². The summed E-state index contributed by atoms with van der Waals surface area (Å²) in [6.07, 6.45) is 2.04. The van der Waals surface area contributed by atoms with Crippen LogP contribution in [0.1, 0.15) is 61.2 Å². The Hall–Kier alpha value is -3.49. The van der Waals surface area contributed by atoms with E-state index in [1.54, 1.807) is 44.5 Å². The van der Waals surface area contributed by atoms with Gasteiger partial charge in [0.25, 0.3) is 0 Å². The molecular weight excluding hydrogens is 538 g/mol. The van der Waals surface area contributed by atoms with Gasteiger partial charge in [0.05, 0.1) is 23.8 Å². The maximum absolute atomic E-state index is 14.6. The molecule has 40 heavy (non-hydrogen) atoms. The highest BCUT2D eigenvalue weighted by Crippen LogP contribution is 2.46. The molecular formula is C31H31ClF2N2O4. The zero-order chi connectivity index (χ0) is 28.9. The molecule has 1 N–H and O–H groups in total. The quantitative estimate of drug-likeness (QED) is 0.260. The average molecular weight is 569 g/mol. The molecule has 2 aromatic heterocycles. The van der Waals surface area contributed by atoms with Gasteiger partial charge in [0.15, 0.2) is 17.7 Å². The molecule has 6 nitrogen and oxygen atoms in total. The Kier molecular flexibility index (Phi) is 7.35. The normalized spacial score (nSPS) is 14.2. The molecule has 0 fully saturated rings. The summed E-state index contributed by atoms with van der Waals surface area (Å²) in [5.41, 5.74) is 4.06. The molecule has 9 heteroatoms. The molecule has 0 aliphatic carbocycles. The number of aryl methyl sites for hydroxylation is 1. The summed E-state index contributed by atoms with van der Waals surface area (Å²) in [5.74, 6) is -2.34. The Morgan fingerprint density at radius 2 is 2.00 bits per heavy atom. The zero-order valence-corrected chi connectivity index (χ0v) is 23.8. The van der Waals surface area contributed by atoms with Crippen LogP contribution in [0.3, 0.4) is 0 Å². The maximum atomic E-state index is 14.6. The van der Waals surface area contributed by atoms with Gasteiger partial charge in [-0.15, -0.1) is 0 Å². The molecule has 1 unspecified atom stereocenters. The average Bonchev–Trinajstić information content (AvgIpc) is 3.28. The first-order valence-electron chi connectivity index (χ1n) is 13.2. The minimum atomic E-state index is -1.32. The van der Waals surface area contributed by atoms with Crippen LogP contribution in [0.15, 0.2) is 36.5 Å². The molecule has 1 aliphatic rings. The number of carboxylic acids is 1. The number of halogens is 3. The Bertz CT molecular complexity index is 1640. The molecule has 5 rings (SSSR count). The highest BCUT2D eigenvalue weighted by Gasteiger charge is 2.34. The number of hydrogen-bond acceptors (Lipinski definition) is 4. The van der Waals surface area contributed by atoms with Gasteiger partial charge in [0.2, 0.25) is 0 Å². The minimum absolute atomic E-state index is 0.0386. The number of benzene rings is 2. The summed E-state index contributed by atoms with van der Waals surface area (Å²) in [6, 6.07) is 7.68. The first-order chi connectivity index (χ1) is 18.9. The number of hydrogen-bond donors (Lipinski definition) is 1. The Morgan fingerprint density at radius 1 is 1.25 bits per heavy atom. The van der Waals surface area contributed by atoms with Crippen molar-refractivity contribution < 1.29 is 28.2 Å². The number of nitrogens with zero attached hydrogens (tertiary/aromatic N) is 2. The number of pyridine rings is 1. The Balaban J connectivity index is 1.81. The van der Waals surface area contributed by atoms with Crippen molar-refractivity contribution in [3.8, 4) is 16.9 Å². The van der Waals surface area contributed by atoms with Gasteiger partial charge in [0, 0.05) is 34.0 Å². The van der Waals surface area contributed by atoms with Crippen molar-refractivity contribution in [3.63, 3.8) is 0 Å². The number of carboxylic acid groups (broad SMARTS) is 1. The molecule has 0 amide bonds. The molecule has 1 atom stereocenters. The van der Waals surface area contributed by atoms with Crippen LogP contribution >= 0.6 is 11.6 Å². The fraction of sp³-hybridized carbons (Fsp3) is 0.355. The lowest BCUT2D eigenvalue weighted by molar-refractivity contribution is -0.160. The van der Waals surface area contributed by atoms with E-state index in [9.17, 15) is 18.7 Å². The predicted molar refractivity (Wildman–Crippen MR) is 150 cm³/mol. The maximum Gasteiger partial charge on any atom is 0.337 e. The summed E-state index contributed by atoms with van der Waals surface area (Å²) in [4.78, 5) is 17.5. The van der Waals surface area contributed by atoms with Gasteiger partial charge in [-0.2, -0.15) is 0 Å². The van der Waals surface area contributed by atoms with Crippen LogP contribution in [0.25, 0.3) is 22.2 Å². The van der Waals surface area contributed by atoms with E-state index in [1.165, 1.54) is 12.1 Å². The van der Waals surface area contributed by atoms with Crippen LogP contribution in [0.5, 0.6) is 5.75 Å². The Morgan fingerprint density at radius 3 is 2.70 bits per heavy atom. The molecule has 0 saturated heterocycles. The molecule has 3 heterocycles. The smallest absolute Gasteiger partial charge is 0.337 e. The van der Waals surface area contributed by atoms with E-state index in [4.69, 9.17) is 26.1 Å². The number of fused-ring (bicyclic) bond motifs is 2. The summed E-state index contributed by atoms with van der Waals surface area (Å²) < 4.78 is 42.2. The second-order valence-electron chi connectivity index (χ2n) is 11.1. The van der Waals surface area contributed by atoms with E-state index in [2.05, 4.69) is 0 Å². The first kappa shape index (κ1) is 28.1. The number of ether oxygens (including phenoxy) is 2. The van der Waals surface area contributed by atoms with Gasteiger partial charge in [-0.3, -0.25) is 0 Å². The predicted octanol–water partition coefficient (Wildman–Crippen LogP) is 7.57. The topological polar surface area (TPSA) is 73.6 Å². The summed E-state index contributed by atoms with van der Waals surface area (Å²) >= 11 is 6.74. The van der Waals surface area contributed by atoms with Crippen LogP contribution in [0.4, 0.5) is 8.78 Å². The molecule has 1 aliphatic heterocycles. The molecule has 0 spiro atoms. The molecule has 0 bridgehead atoms. The summed E-state index contributed by atoms with van der Waals surface area (Å²) in [7, 11) is 0. The SMILES string of the molecule is Cc1nc2c(ccn2Cc2cccc(F)c2F)c(-c2cc(Cl)c3c(c2C)CCCO3)c1C(OC(C)(C)C)C(=O)O. The lowest BCUT2D eigenvalue weighted by Crippen LogP contribution is -2.28. The van der Waals surface area contributed by atoms with Crippen LogP contribution < -0.4 is 4.74 Å². The van der Waals surface area contributed by atoms with Crippen molar-refractivity contribution in [2.45, 2.75) is 65.7 Å². The second-order valence-corrected chi connectivity index (χ2v) is 11.5. The largest absolute Gasteiger partial charge is 0.492 e. The standard InChI is InChI=1S/C31H31ClF2N2O4/c1-16-19-9-7-13-39-27(19)22(32)14-21(16)25-20-11-12-36(15-18-8-6-10-23(33)26(18)34)29(20)35-17(2)24(25)28(30(37)38)40-31(3,4)5/h6,8,10-12,14,28H,7,9,13,15H2,1-5H3,(H,37,38). The van der Waals surface area contributed by atoms with Gasteiger partial charge in [-0.05, 0) is 82.3 Å². The van der Waals surface area contributed by atoms with Gasteiger partial charge in [0.1, 0.15) is 11.4 Å². The molecule has 4 aromatic rings. The van der Waals surface area contributed by atoms with Crippen molar-refractivity contribution in [2.24, 2.45) is 0 Å². The lowest BCUT2D eigenvalue weighted by Gasteiger charge is -2.29. The molecule has 0 saturated carbocycles. The van der Waals surface area contributed by atoms with E-state index in [-0.39, 0.29) is 12.1 Å². The fourth-order valence-electron chi connectivity index (χ4n) is 5.43. The number of aromatic nitrogens is 2. The third-order valence-corrected chi connectivity index (χ3v) is 7.45. The number of carbonyl (C=O) groups is 1. The van der Waals surface area contributed by atoms with E-state index < -0.39 is 29.3 Å². The first-order valence-corrected chi connectivity index (χ1v) is 13.5. The van der Waals surface area contributed by atoms with Crippen LogP contribution in [-0.4, -0.2) is 32.8 Å². The van der Waals surface area contributed by atoms with Crippen molar-refractivity contribution in [1.29, 1.82) is 0 Å². The third-order valence-electron chi connectivity index (χ3n) is 7.17. The van der Waals surface area contributed by atoms with Crippen LogP contribution in [0, 0.1) is 25.5 Å². The van der Waals surface area contributed by atoms with Crippen LogP contribution in [-0.2, 0) is 22.5 Å². The highest BCUT2D eigenvalue weighted by atomic mass is 35.5. The van der Waals surface area contributed by atoms with Crippen molar-refractivity contribution in [2.75, 3.05) is 6.61 Å². The monoisotopic (exact) mass is 568 g/mol. The number of rotatable bonds is 6. The second kappa shape index (κ2) is 10.5. The van der Waals surface area contributed by atoms with Crippen LogP contribution in [0.2, 0.25) is 5.02 Å². The summed E-state index contributed by atoms with van der Waals surface area (Å²) in [6.45, 7) is 9.72. The van der Waals surface area contributed by atoms with Gasteiger partial charge >= 0.3 is 5.97 Å². The minimum Gasteiger partial charge on any atom is -0.492 e. The molecule has 210 valence electrons. The highest BCUT2D eigenvalue weighted by molar-refractivity contribution is 6.32. The van der Waals surface area contributed by atoms with Gasteiger partial charge < -0.3 is 19.1 Å². The van der Waals surface area contributed by atoms with Gasteiger partial charge in [-0.25, -0.2) is 18.6 Å². The van der Waals surface area contributed by atoms with E-state index in [0.29, 0.717) is 45.2 Å². The molecule has 2 aromatic carbocycles. The summed E-state index contributed by atoms with van der Waals surface area (Å²) in [5, 5.41) is 11.4. The van der Waals surface area contributed by atoms with Crippen molar-refractivity contribution in [3.05, 3.63) is 81.1 Å². The Labute approximate surface area is 236 Å². The fourth-order valence-corrected chi connectivity index (χ4v) is 5.70. The number of aliphatic carboxylic acids is 1. The van der Waals surface area contributed by atoms with E-state index in [0.717, 1.165) is 35.6 Å². The third kappa shape index (κ3) is 5.06. The zero-order valence-electron chi connectivity index (χ0n) is 23.1. The van der Waals surface area contributed by atoms with Crippen molar-refractivity contribution in [1.82, 2.24) is 9.55 Å². The lowest BCUT2D eigenvalue weighted by atomic mass is 9.87. The van der Waals surface area contributed by atoms with Gasteiger partial charge in [-0.1, -0.05) is 23.7 Å².